The number of benzene rings is 1. The average molecular weight is 290 g/mol. The first-order valence-corrected chi connectivity index (χ1v) is 6.88. The van der Waals surface area contributed by atoms with Crippen molar-refractivity contribution < 1.29 is 19.0 Å². The van der Waals surface area contributed by atoms with E-state index in [0.717, 1.165) is 17.4 Å². The summed E-state index contributed by atoms with van der Waals surface area (Å²) in [5, 5.41) is 0. The van der Waals surface area contributed by atoms with Gasteiger partial charge in [0.1, 0.15) is 19.0 Å². The van der Waals surface area contributed by atoms with Crippen LogP contribution in [0.1, 0.15) is 18.9 Å². The van der Waals surface area contributed by atoms with Crippen LogP contribution in [0.4, 0.5) is 0 Å². The highest BCUT2D eigenvalue weighted by Crippen LogP contribution is 2.13. The standard InChI is InChI=1S/C17H22O4/c1-5-14(4)21-16(12-20-17(18)6-2)11-19-15-9-7-13(3)8-10-15/h6-10,16H,2,4-5,11-12H2,1,3H3. The quantitative estimate of drug-likeness (QED) is 0.397. The molecule has 0 aliphatic heterocycles. The summed E-state index contributed by atoms with van der Waals surface area (Å²) in [6, 6.07) is 7.70. The Morgan fingerprint density at radius 1 is 1.29 bits per heavy atom. The molecule has 1 rings (SSSR count). The van der Waals surface area contributed by atoms with Crippen LogP contribution in [0.2, 0.25) is 0 Å². The van der Waals surface area contributed by atoms with Crippen molar-refractivity contribution in [3.8, 4) is 5.75 Å². The lowest BCUT2D eigenvalue weighted by molar-refractivity contribution is -0.141. The first kappa shape index (κ1) is 16.8. The SMILES string of the molecule is C=CC(=O)OCC(COc1ccc(C)cc1)OC(=C)CC. The number of rotatable bonds is 9. The number of carbonyl (C=O) groups is 1. The zero-order chi connectivity index (χ0) is 15.7. The number of allylic oxidation sites excluding steroid dienone is 1. The molecule has 1 aromatic carbocycles. The zero-order valence-corrected chi connectivity index (χ0v) is 12.6. The van der Waals surface area contributed by atoms with Gasteiger partial charge in [-0.3, -0.25) is 0 Å². The first-order chi connectivity index (χ1) is 10.0. The van der Waals surface area contributed by atoms with Crippen LogP contribution in [0.3, 0.4) is 0 Å². The molecule has 4 nitrogen and oxygen atoms in total. The number of ether oxygens (including phenoxy) is 3. The molecule has 0 radical (unpaired) electrons. The molecule has 0 aliphatic carbocycles. The Morgan fingerprint density at radius 2 is 1.95 bits per heavy atom. The van der Waals surface area contributed by atoms with E-state index in [0.29, 0.717) is 12.2 Å². The smallest absolute Gasteiger partial charge is 0.330 e. The molecule has 1 aromatic rings. The van der Waals surface area contributed by atoms with E-state index < -0.39 is 12.1 Å². The fourth-order valence-electron chi connectivity index (χ4n) is 1.49. The highest BCUT2D eigenvalue weighted by molar-refractivity contribution is 5.81. The van der Waals surface area contributed by atoms with Gasteiger partial charge in [0.2, 0.25) is 0 Å². The van der Waals surface area contributed by atoms with E-state index in [-0.39, 0.29) is 13.2 Å². The molecule has 1 unspecified atom stereocenters. The van der Waals surface area contributed by atoms with Gasteiger partial charge < -0.3 is 14.2 Å². The summed E-state index contributed by atoms with van der Waals surface area (Å²) in [4.78, 5) is 11.1. The van der Waals surface area contributed by atoms with Crippen molar-refractivity contribution in [2.24, 2.45) is 0 Å². The van der Waals surface area contributed by atoms with Crippen molar-refractivity contribution in [1.82, 2.24) is 0 Å². The molecular weight excluding hydrogens is 268 g/mol. The van der Waals surface area contributed by atoms with Gasteiger partial charge in [-0.1, -0.05) is 37.8 Å². The lowest BCUT2D eigenvalue weighted by atomic mass is 10.2. The monoisotopic (exact) mass is 290 g/mol. The third-order valence-electron chi connectivity index (χ3n) is 2.76. The van der Waals surface area contributed by atoms with Gasteiger partial charge in [0.15, 0.2) is 6.10 Å². The van der Waals surface area contributed by atoms with Crippen molar-refractivity contribution in [2.75, 3.05) is 13.2 Å². The lowest BCUT2D eigenvalue weighted by Gasteiger charge is -2.20. The Bertz CT molecular complexity index is 476. The maximum atomic E-state index is 11.1. The summed E-state index contributed by atoms with van der Waals surface area (Å²) in [6.07, 6.45) is 1.41. The molecule has 0 heterocycles. The Morgan fingerprint density at radius 3 is 2.52 bits per heavy atom. The second-order valence-electron chi connectivity index (χ2n) is 4.59. The molecule has 0 aromatic heterocycles. The van der Waals surface area contributed by atoms with Gasteiger partial charge in [-0.25, -0.2) is 4.79 Å². The molecule has 4 heteroatoms. The minimum Gasteiger partial charge on any atom is -0.490 e. The van der Waals surface area contributed by atoms with E-state index in [4.69, 9.17) is 14.2 Å². The summed E-state index contributed by atoms with van der Waals surface area (Å²) in [7, 11) is 0. The predicted molar refractivity (Wildman–Crippen MR) is 82.1 cm³/mol. The maximum absolute atomic E-state index is 11.1. The van der Waals surface area contributed by atoms with Crippen LogP contribution in [0.15, 0.2) is 49.3 Å². The van der Waals surface area contributed by atoms with Gasteiger partial charge >= 0.3 is 5.97 Å². The Balaban J connectivity index is 2.54. The largest absolute Gasteiger partial charge is 0.490 e. The third kappa shape index (κ3) is 6.65. The van der Waals surface area contributed by atoms with Gasteiger partial charge in [-0.2, -0.15) is 0 Å². The van der Waals surface area contributed by atoms with E-state index in [1.165, 1.54) is 0 Å². The number of esters is 1. The Kier molecular flexibility index (Phi) is 7.09. The number of hydrogen-bond acceptors (Lipinski definition) is 4. The predicted octanol–water partition coefficient (Wildman–Crippen LogP) is 3.41. The summed E-state index contributed by atoms with van der Waals surface area (Å²) < 4.78 is 16.3. The normalized spacial score (nSPS) is 11.3. The molecule has 0 saturated carbocycles. The molecule has 0 fully saturated rings. The van der Waals surface area contributed by atoms with E-state index in [1.54, 1.807) is 0 Å². The van der Waals surface area contributed by atoms with Crippen molar-refractivity contribution in [3.63, 3.8) is 0 Å². The minimum absolute atomic E-state index is 0.0930. The second-order valence-corrected chi connectivity index (χ2v) is 4.59. The van der Waals surface area contributed by atoms with Crippen LogP contribution >= 0.6 is 0 Å². The van der Waals surface area contributed by atoms with Crippen LogP contribution in [0.5, 0.6) is 5.75 Å². The van der Waals surface area contributed by atoms with Crippen molar-refractivity contribution in [1.29, 1.82) is 0 Å². The van der Waals surface area contributed by atoms with Gasteiger partial charge in [0.05, 0.1) is 5.76 Å². The molecular formula is C17H22O4. The van der Waals surface area contributed by atoms with Crippen molar-refractivity contribution in [3.05, 3.63) is 54.8 Å². The van der Waals surface area contributed by atoms with E-state index in [9.17, 15) is 4.79 Å². The van der Waals surface area contributed by atoms with Crippen LogP contribution in [0, 0.1) is 6.92 Å². The van der Waals surface area contributed by atoms with Crippen LogP contribution < -0.4 is 4.74 Å². The zero-order valence-electron chi connectivity index (χ0n) is 12.6. The van der Waals surface area contributed by atoms with E-state index in [2.05, 4.69) is 13.2 Å². The lowest BCUT2D eigenvalue weighted by Crippen LogP contribution is -2.28. The maximum Gasteiger partial charge on any atom is 0.330 e. The highest BCUT2D eigenvalue weighted by atomic mass is 16.6. The van der Waals surface area contributed by atoms with E-state index >= 15 is 0 Å². The second kappa shape index (κ2) is 8.84. The molecule has 0 aliphatic rings. The van der Waals surface area contributed by atoms with Crippen LogP contribution in [0.25, 0.3) is 0 Å². The fourth-order valence-corrected chi connectivity index (χ4v) is 1.49. The first-order valence-electron chi connectivity index (χ1n) is 6.88. The summed E-state index contributed by atoms with van der Waals surface area (Å²) in [5.74, 6) is 0.884. The van der Waals surface area contributed by atoms with E-state index in [1.807, 2.05) is 38.1 Å². The number of hydrogen-bond donors (Lipinski definition) is 0. The molecule has 1 atom stereocenters. The van der Waals surface area contributed by atoms with Crippen molar-refractivity contribution >= 4 is 5.97 Å². The minimum atomic E-state index is -0.485. The van der Waals surface area contributed by atoms with Gasteiger partial charge in [-0.05, 0) is 19.1 Å². The molecule has 114 valence electrons. The van der Waals surface area contributed by atoms with Crippen LogP contribution in [-0.4, -0.2) is 25.3 Å². The summed E-state index contributed by atoms with van der Waals surface area (Å²) in [5.41, 5.74) is 1.16. The van der Waals surface area contributed by atoms with Gasteiger partial charge in [0.25, 0.3) is 0 Å². The number of carbonyl (C=O) groups excluding carboxylic acids is 1. The highest BCUT2D eigenvalue weighted by Gasteiger charge is 2.14. The van der Waals surface area contributed by atoms with Gasteiger partial charge in [-0.15, -0.1) is 0 Å². The third-order valence-corrected chi connectivity index (χ3v) is 2.76. The molecule has 0 N–H and O–H groups in total. The van der Waals surface area contributed by atoms with Crippen LogP contribution in [-0.2, 0) is 14.3 Å². The Labute approximate surface area is 126 Å². The topological polar surface area (TPSA) is 44.8 Å². The average Bonchev–Trinajstić information content (AvgIpc) is 2.50. The fraction of sp³-hybridized carbons (Fsp3) is 0.353. The molecule has 0 saturated heterocycles. The van der Waals surface area contributed by atoms with Gasteiger partial charge in [0, 0.05) is 12.5 Å². The number of aryl methyl sites for hydroxylation is 1. The summed E-state index contributed by atoms with van der Waals surface area (Å²) >= 11 is 0. The summed E-state index contributed by atoms with van der Waals surface area (Å²) in [6.45, 7) is 11.5. The Hall–Kier alpha value is -2.23. The molecule has 21 heavy (non-hydrogen) atoms. The molecule has 0 spiro atoms. The molecule has 0 bridgehead atoms. The molecule has 0 amide bonds. The van der Waals surface area contributed by atoms with Crippen molar-refractivity contribution in [2.45, 2.75) is 26.4 Å².